The number of anilines is 1. The van der Waals surface area contributed by atoms with Gasteiger partial charge < -0.3 is 10.1 Å². The van der Waals surface area contributed by atoms with Crippen molar-refractivity contribution in [3.63, 3.8) is 0 Å². The van der Waals surface area contributed by atoms with Crippen LogP contribution >= 0.6 is 0 Å². The van der Waals surface area contributed by atoms with Gasteiger partial charge in [0.05, 0.1) is 6.61 Å². The Morgan fingerprint density at radius 1 is 0.933 bits per heavy atom. The van der Waals surface area contributed by atoms with Gasteiger partial charge >= 0.3 is 6.18 Å². The van der Waals surface area contributed by atoms with Crippen molar-refractivity contribution in [1.82, 2.24) is 4.98 Å². The standard InChI is InChI=1S/C18H14F8N2O2/c19-12-13(20)15(22)17(16(23)14(12)21)30-7-3-1-2-4-11(29)28-9-5-6-27-10(8-9)18(24,25)26/h5-6,8H,1-4,7H2,(H,27,28,29). The minimum atomic E-state index is -4.66. The summed E-state index contributed by atoms with van der Waals surface area (Å²) in [7, 11) is 0. The fourth-order valence-corrected chi connectivity index (χ4v) is 2.34. The Labute approximate surface area is 164 Å². The Kier molecular flexibility index (Phi) is 7.57. The van der Waals surface area contributed by atoms with Crippen molar-refractivity contribution in [2.24, 2.45) is 0 Å². The number of unbranched alkanes of at least 4 members (excludes halogenated alkanes) is 2. The molecule has 1 aromatic heterocycles. The Morgan fingerprint density at radius 3 is 2.13 bits per heavy atom. The van der Waals surface area contributed by atoms with Gasteiger partial charge in [-0.05, 0) is 31.4 Å². The number of ether oxygens (including phenoxy) is 1. The number of carbonyl (C=O) groups is 1. The molecule has 1 heterocycles. The quantitative estimate of drug-likeness (QED) is 0.259. The van der Waals surface area contributed by atoms with E-state index in [1.54, 1.807) is 0 Å². The molecule has 0 spiro atoms. The van der Waals surface area contributed by atoms with Crippen LogP contribution in [0.4, 0.5) is 40.8 Å². The first kappa shape index (κ1) is 23.4. The number of nitrogens with one attached hydrogen (secondary N) is 1. The molecule has 4 nitrogen and oxygen atoms in total. The number of hydrogen-bond donors (Lipinski definition) is 1. The lowest BCUT2D eigenvalue weighted by molar-refractivity contribution is -0.141. The van der Waals surface area contributed by atoms with Crippen molar-refractivity contribution >= 4 is 11.6 Å². The molecule has 0 saturated carbocycles. The van der Waals surface area contributed by atoms with Gasteiger partial charge in [0.1, 0.15) is 5.69 Å². The molecule has 2 rings (SSSR count). The van der Waals surface area contributed by atoms with Crippen LogP contribution in [0.1, 0.15) is 31.4 Å². The highest BCUT2D eigenvalue weighted by Crippen LogP contribution is 2.30. The van der Waals surface area contributed by atoms with Gasteiger partial charge in [-0.3, -0.25) is 9.78 Å². The van der Waals surface area contributed by atoms with Crippen molar-refractivity contribution in [3.8, 4) is 5.75 Å². The first-order chi connectivity index (χ1) is 14.0. The van der Waals surface area contributed by atoms with E-state index in [9.17, 15) is 39.9 Å². The number of rotatable bonds is 8. The SMILES string of the molecule is O=C(CCCCCOc1c(F)c(F)c(F)c(F)c1F)Nc1ccnc(C(F)(F)F)c1. The summed E-state index contributed by atoms with van der Waals surface area (Å²) in [4.78, 5) is 14.9. The maximum Gasteiger partial charge on any atom is 0.433 e. The van der Waals surface area contributed by atoms with E-state index in [2.05, 4.69) is 15.0 Å². The Morgan fingerprint density at radius 2 is 1.53 bits per heavy atom. The number of halogens is 8. The van der Waals surface area contributed by atoms with Crippen LogP contribution in [0.25, 0.3) is 0 Å². The summed E-state index contributed by atoms with van der Waals surface area (Å²) >= 11 is 0. The van der Waals surface area contributed by atoms with Crippen LogP contribution in [0.3, 0.4) is 0 Å². The van der Waals surface area contributed by atoms with Crippen molar-refractivity contribution in [3.05, 3.63) is 53.1 Å². The molecular weight excluding hydrogens is 428 g/mol. The van der Waals surface area contributed by atoms with E-state index in [-0.39, 0.29) is 38.0 Å². The molecule has 164 valence electrons. The average Bonchev–Trinajstić information content (AvgIpc) is 2.69. The van der Waals surface area contributed by atoms with Crippen LogP contribution in [0, 0.1) is 29.1 Å². The van der Waals surface area contributed by atoms with E-state index in [0.29, 0.717) is 6.07 Å². The molecule has 0 saturated heterocycles. The number of aromatic nitrogens is 1. The summed E-state index contributed by atoms with van der Waals surface area (Å²) in [6, 6.07) is 1.86. The van der Waals surface area contributed by atoms with Crippen molar-refractivity contribution in [2.45, 2.75) is 31.9 Å². The molecule has 0 radical (unpaired) electrons. The maximum atomic E-state index is 13.4. The topological polar surface area (TPSA) is 51.2 Å². The fourth-order valence-electron chi connectivity index (χ4n) is 2.34. The van der Waals surface area contributed by atoms with Crippen molar-refractivity contribution < 1.29 is 44.7 Å². The van der Waals surface area contributed by atoms with E-state index < -0.39 is 52.6 Å². The van der Waals surface area contributed by atoms with Gasteiger partial charge in [-0.1, -0.05) is 0 Å². The van der Waals surface area contributed by atoms with Gasteiger partial charge in [-0.25, -0.2) is 13.2 Å². The van der Waals surface area contributed by atoms with Crippen LogP contribution in [-0.2, 0) is 11.0 Å². The highest BCUT2D eigenvalue weighted by Gasteiger charge is 2.32. The second-order valence-corrected chi connectivity index (χ2v) is 6.03. The van der Waals surface area contributed by atoms with Gasteiger partial charge in [0, 0.05) is 18.3 Å². The minimum absolute atomic E-state index is 0.0772. The lowest BCUT2D eigenvalue weighted by Gasteiger charge is -2.10. The summed E-state index contributed by atoms with van der Waals surface area (Å²) in [5, 5.41) is 2.28. The first-order valence-corrected chi connectivity index (χ1v) is 8.49. The normalized spacial score (nSPS) is 11.5. The van der Waals surface area contributed by atoms with Crippen LogP contribution in [0.15, 0.2) is 18.3 Å². The van der Waals surface area contributed by atoms with E-state index in [0.717, 1.165) is 6.20 Å². The molecule has 2 aromatic rings. The molecule has 1 amide bonds. The largest absolute Gasteiger partial charge is 0.487 e. The smallest absolute Gasteiger partial charge is 0.433 e. The van der Waals surface area contributed by atoms with Crippen LogP contribution in [-0.4, -0.2) is 17.5 Å². The number of pyridine rings is 1. The fraction of sp³-hybridized carbons (Fsp3) is 0.333. The molecule has 0 bridgehead atoms. The van der Waals surface area contributed by atoms with E-state index in [1.807, 2.05) is 0 Å². The number of nitrogens with zero attached hydrogens (tertiary/aromatic N) is 1. The zero-order valence-electron chi connectivity index (χ0n) is 15.1. The predicted molar refractivity (Wildman–Crippen MR) is 88.1 cm³/mol. The molecule has 0 fully saturated rings. The van der Waals surface area contributed by atoms with E-state index >= 15 is 0 Å². The third-order valence-corrected chi connectivity index (χ3v) is 3.80. The third-order valence-electron chi connectivity index (χ3n) is 3.80. The molecule has 0 aliphatic heterocycles. The van der Waals surface area contributed by atoms with Crippen molar-refractivity contribution in [1.29, 1.82) is 0 Å². The van der Waals surface area contributed by atoms with Gasteiger partial charge in [0.25, 0.3) is 0 Å². The number of amides is 1. The summed E-state index contributed by atoms with van der Waals surface area (Å²) in [6.07, 6.45) is -3.19. The highest BCUT2D eigenvalue weighted by molar-refractivity contribution is 5.90. The second kappa shape index (κ2) is 9.72. The van der Waals surface area contributed by atoms with Gasteiger partial charge in [0.15, 0.2) is 5.75 Å². The lowest BCUT2D eigenvalue weighted by Crippen LogP contribution is -2.13. The minimum Gasteiger partial charge on any atom is -0.487 e. The van der Waals surface area contributed by atoms with E-state index in [4.69, 9.17) is 0 Å². The van der Waals surface area contributed by atoms with Gasteiger partial charge in [0.2, 0.25) is 35.0 Å². The van der Waals surface area contributed by atoms with Gasteiger partial charge in [-0.2, -0.15) is 22.0 Å². The highest BCUT2D eigenvalue weighted by atomic mass is 19.4. The molecule has 12 heteroatoms. The predicted octanol–water partition coefficient (Wildman–Crippen LogP) is 5.37. The maximum absolute atomic E-state index is 13.4. The molecule has 1 aromatic carbocycles. The van der Waals surface area contributed by atoms with Crippen LogP contribution < -0.4 is 10.1 Å². The average molecular weight is 442 g/mol. The van der Waals surface area contributed by atoms with Crippen molar-refractivity contribution in [2.75, 3.05) is 11.9 Å². The van der Waals surface area contributed by atoms with E-state index in [1.165, 1.54) is 6.07 Å². The Hall–Kier alpha value is -2.92. The molecule has 0 aliphatic carbocycles. The number of hydrogen-bond acceptors (Lipinski definition) is 3. The number of carbonyl (C=O) groups excluding carboxylic acids is 1. The molecular formula is C18H14F8N2O2. The zero-order chi connectivity index (χ0) is 22.5. The molecule has 0 unspecified atom stereocenters. The third kappa shape index (κ3) is 5.80. The van der Waals surface area contributed by atoms with Gasteiger partial charge in [-0.15, -0.1) is 0 Å². The Balaban J connectivity index is 1.76. The van der Waals surface area contributed by atoms with Crippen LogP contribution in [0.5, 0.6) is 5.75 Å². The summed E-state index contributed by atoms with van der Waals surface area (Å²) in [6.45, 7) is -0.376. The number of benzene rings is 1. The molecule has 1 N–H and O–H groups in total. The molecule has 30 heavy (non-hydrogen) atoms. The second-order valence-electron chi connectivity index (χ2n) is 6.03. The zero-order valence-corrected chi connectivity index (χ0v) is 15.1. The monoisotopic (exact) mass is 442 g/mol. The Bertz CT molecular complexity index is 889. The molecule has 0 aliphatic rings. The summed E-state index contributed by atoms with van der Waals surface area (Å²) in [5.74, 6) is -12.7. The van der Waals surface area contributed by atoms with Crippen LogP contribution in [0.2, 0.25) is 0 Å². The lowest BCUT2D eigenvalue weighted by atomic mass is 10.2. The first-order valence-electron chi connectivity index (χ1n) is 8.49. The summed E-state index contributed by atoms with van der Waals surface area (Å²) in [5.41, 5.74) is -1.25. The molecule has 0 atom stereocenters. The number of alkyl halides is 3. The summed E-state index contributed by atoms with van der Waals surface area (Å²) < 4.78 is 108.